The van der Waals surface area contributed by atoms with Gasteiger partial charge in [0.25, 0.3) is 0 Å². The van der Waals surface area contributed by atoms with Crippen LogP contribution in [0.15, 0.2) is 36.7 Å². The van der Waals surface area contributed by atoms with Gasteiger partial charge in [-0.15, -0.1) is 0 Å². The number of ketones is 2. The topological polar surface area (TPSA) is 105 Å². The second-order valence-corrected chi connectivity index (χ2v) is 5.71. The van der Waals surface area contributed by atoms with Gasteiger partial charge in [0.05, 0.1) is 50.9 Å². The lowest BCUT2D eigenvalue weighted by Crippen LogP contribution is -2.02. The van der Waals surface area contributed by atoms with Crippen LogP contribution in [-0.2, 0) is 9.59 Å². The summed E-state index contributed by atoms with van der Waals surface area (Å²) in [6.07, 6.45) is 8.63. The third-order valence-corrected chi connectivity index (χ3v) is 3.78. The highest BCUT2D eigenvalue weighted by Gasteiger charge is 2.07. The molecule has 29 heavy (non-hydrogen) atoms. The molecule has 2 rings (SSSR count). The van der Waals surface area contributed by atoms with Crippen LogP contribution in [-0.4, -0.2) is 49.2 Å². The lowest BCUT2D eigenvalue weighted by molar-refractivity contribution is -0.121. The van der Waals surface area contributed by atoms with E-state index in [0.29, 0.717) is 40.5 Å². The summed E-state index contributed by atoms with van der Waals surface area (Å²) in [7, 11) is 4.43. The van der Waals surface area contributed by atoms with Crippen molar-refractivity contribution in [2.45, 2.75) is 6.42 Å². The molecule has 0 bridgehead atoms. The van der Waals surface area contributed by atoms with Crippen molar-refractivity contribution in [3.8, 4) is 17.2 Å². The molecule has 0 aliphatic carbocycles. The quantitative estimate of drug-likeness (QED) is 0.343. The second-order valence-electron chi connectivity index (χ2n) is 5.71. The summed E-state index contributed by atoms with van der Waals surface area (Å²) >= 11 is 0. The molecule has 8 nitrogen and oxygen atoms in total. The molecule has 0 saturated heterocycles. The summed E-state index contributed by atoms with van der Waals surface area (Å²) in [4.78, 5) is 43.0. The van der Waals surface area contributed by atoms with E-state index in [1.165, 1.54) is 64.1 Å². The summed E-state index contributed by atoms with van der Waals surface area (Å²) < 4.78 is 15.3. The fraction of sp³-hybridized carbons (Fsp3) is 0.190. The van der Waals surface area contributed by atoms with Crippen LogP contribution in [0.3, 0.4) is 0 Å². The van der Waals surface area contributed by atoms with Crippen molar-refractivity contribution in [1.82, 2.24) is 9.97 Å². The van der Waals surface area contributed by atoms with E-state index in [9.17, 15) is 14.4 Å². The van der Waals surface area contributed by atoms with Crippen molar-refractivity contribution in [3.05, 3.63) is 53.6 Å². The van der Waals surface area contributed by atoms with E-state index in [1.807, 2.05) is 0 Å². The Labute approximate surface area is 167 Å². The summed E-state index contributed by atoms with van der Waals surface area (Å²) in [5, 5.41) is 0. The number of nitrogens with zero attached hydrogens (tertiary/aromatic N) is 2. The standard InChI is InChI=1S/C21H20N2O6/c1-27-19-8-15(22-11-14(19)13-24)4-6-17(25)10-18(26)7-5-16-9-20(28-2)21(29-3)12-23-16/h4-9,11-13H,10H2,1-3H3/b6-4+,7-5+. The van der Waals surface area contributed by atoms with Crippen molar-refractivity contribution < 1.29 is 28.6 Å². The molecule has 0 aliphatic heterocycles. The minimum atomic E-state index is -0.389. The number of methoxy groups -OCH3 is 3. The van der Waals surface area contributed by atoms with Crippen LogP contribution in [0.25, 0.3) is 12.2 Å². The fourth-order valence-electron chi connectivity index (χ4n) is 2.31. The predicted molar refractivity (Wildman–Crippen MR) is 106 cm³/mol. The molecule has 0 N–H and O–H groups in total. The highest BCUT2D eigenvalue weighted by Crippen LogP contribution is 2.26. The SMILES string of the molecule is COc1cc(/C=C/C(=O)CC(=O)/C=C/c2cc(OC)c(OC)cn2)ncc1C=O. The first kappa shape index (κ1) is 21.5. The molecule has 2 heterocycles. The van der Waals surface area contributed by atoms with Gasteiger partial charge in [-0.3, -0.25) is 24.4 Å². The molecule has 150 valence electrons. The van der Waals surface area contributed by atoms with Gasteiger partial charge in [0.1, 0.15) is 5.75 Å². The number of rotatable bonds is 10. The van der Waals surface area contributed by atoms with Crippen LogP contribution in [0.5, 0.6) is 17.2 Å². The summed E-state index contributed by atoms with van der Waals surface area (Å²) in [6.45, 7) is 0. The number of hydrogen-bond acceptors (Lipinski definition) is 8. The van der Waals surface area contributed by atoms with E-state index in [4.69, 9.17) is 14.2 Å². The fourth-order valence-corrected chi connectivity index (χ4v) is 2.31. The van der Waals surface area contributed by atoms with Crippen LogP contribution in [0.2, 0.25) is 0 Å². The van der Waals surface area contributed by atoms with Crippen molar-refractivity contribution in [1.29, 1.82) is 0 Å². The van der Waals surface area contributed by atoms with Gasteiger partial charge in [0.2, 0.25) is 0 Å². The smallest absolute Gasteiger partial charge is 0.179 e. The average molecular weight is 396 g/mol. The predicted octanol–water partition coefficient (Wildman–Crippen LogP) is 2.57. The molecule has 0 spiro atoms. The van der Waals surface area contributed by atoms with E-state index in [1.54, 1.807) is 6.07 Å². The molecule has 0 aromatic carbocycles. The maximum absolute atomic E-state index is 12.0. The molecule has 0 amide bonds. The molecule has 0 saturated carbocycles. The van der Waals surface area contributed by atoms with E-state index in [0.717, 1.165) is 0 Å². The largest absolute Gasteiger partial charge is 0.496 e. The normalized spacial score (nSPS) is 10.9. The minimum absolute atomic E-state index is 0.302. The molecule has 0 atom stereocenters. The molecule has 0 fully saturated rings. The monoisotopic (exact) mass is 396 g/mol. The summed E-state index contributed by atoms with van der Waals surface area (Å²) in [6, 6.07) is 3.14. The Balaban J connectivity index is 1.98. The minimum Gasteiger partial charge on any atom is -0.496 e. The lowest BCUT2D eigenvalue weighted by atomic mass is 10.1. The van der Waals surface area contributed by atoms with E-state index in [2.05, 4.69) is 9.97 Å². The Morgan fingerprint density at radius 2 is 1.34 bits per heavy atom. The van der Waals surface area contributed by atoms with E-state index in [-0.39, 0.29) is 18.0 Å². The first-order valence-corrected chi connectivity index (χ1v) is 8.49. The lowest BCUT2D eigenvalue weighted by Gasteiger charge is -2.06. The number of pyridine rings is 2. The van der Waals surface area contributed by atoms with Gasteiger partial charge in [-0.05, 0) is 24.3 Å². The van der Waals surface area contributed by atoms with Crippen molar-refractivity contribution in [2.24, 2.45) is 0 Å². The highest BCUT2D eigenvalue weighted by atomic mass is 16.5. The Morgan fingerprint density at radius 1 is 0.828 bits per heavy atom. The number of hydrogen-bond donors (Lipinski definition) is 0. The number of ether oxygens (including phenoxy) is 3. The van der Waals surface area contributed by atoms with Crippen LogP contribution in [0, 0.1) is 0 Å². The maximum Gasteiger partial charge on any atom is 0.179 e. The third kappa shape index (κ3) is 6.10. The van der Waals surface area contributed by atoms with Gasteiger partial charge in [-0.1, -0.05) is 0 Å². The van der Waals surface area contributed by atoms with Crippen molar-refractivity contribution in [3.63, 3.8) is 0 Å². The Morgan fingerprint density at radius 3 is 1.86 bits per heavy atom. The number of carbonyl (C=O) groups is 3. The first-order chi connectivity index (χ1) is 14.0. The molecule has 0 aliphatic rings. The number of carbonyl (C=O) groups excluding carboxylic acids is 3. The Bertz CT molecular complexity index is 966. The molecule has 2 aromatic heterocycles. The third-order valence-electron chi connectivity index (χ3n) is 3.78. The molecule has 0 radical (unpaired) electrons. The summed E-state index contributed by atoms with van der Waals surface area (Å²) in [5.74, 6) is 0.543. The number of allylic oxidation sites excluding steroid dienone is 2. The van der Waals surface area contributed by atoms with Gasteiger partial charge < -0.3 is 14.2 Å². The highest BCUT2D eigenvalue weighted by molar-refractivity contribution is 6.10. The zero-order valence-electron chi connectivity index (χ0n) is 16.2. The molecular formula is C21H20N2O6. The number of aldehydes is 1. The number of aromatic nitrogens is 2. The van der Waals surface area contributed by atoms with Gasteiger partial charge >= 0.3 is 0 Å². The molecule has 8 heteroatoms. The average Bonchev–Trinajstić information content (AvgIpc) is 2.75. The van der Waals surface area contributed by atoms with Gasteiger partial charge in [0.15, 0.2) is 29.4 Å². The van der Waals surface area contributed by atoms with Crippen molar-refractivity contribution in [2.75, 3.05) is 21.3 Å². The van der Waals surface area contributed by atoms with Crippen LogP contribution in [0.1, 0.15) is 28.2 Å². The van der Waals surface area contributed by atoms with Gasteiger partial charge in [0, 0.05) is 18.3 Å². The zero-order valence-corrected chi connectivity index (χ0v) is 16.2. The molecule has 2 aromatic rings. The van der Waals surface area contributed by atoms with Crippen LogP contribution >= 0.6 is 0 Å². The maximum atomic E-state index is 12.0. The second kappa shape index (κ2) is 10.5. The summed E-state index contributed by atoms with van der Waals surface area (Å²) in [5.41, 5.74) is 1.23. The molecular weight excluding hydrogens is 376 g/mol. The molecule has 0 unspecified atom stereocenters. The van der Waals surface area contributed by atoms with E-state index >= 15 is 0 Å². The Kier molecular flexibility index (Phi) is 7.78. The zero-order chi connectivity index (χ0) is 21.2. The Hall–Kier alpha value is -3.81. The first-order valence-electron chi connectivity index (χ1n) is 8.49. The van der Waals surface area contributed by atoms with Gasteiger partial charge in [-0.2, -0.15) is 0 Å². The van der Waals surface area contributed by atoms with Crippen molar-refractivity contribution >= 4 is 30.0 Å². The van der Waals surface area contributed by atoms with Crippen LogP contribution < -0.4 is 14.2 Å². The van der Waals surface area contributed by atoms with Crippen LogP contribution in [0.4, 0.5) is 0 Å². The van der Waals surface area contributed by atoms with E-state index < -0.39 is 0 Å². The van der Waals surface area contributed by atoms with Gasteiger partial charge in [-0.25, -0.2) is 0 Å².